The Labute approximate surface area is 152 Å². The number of hydrogen-bond donors (Lipinski definition) is 0. The number of methoxy groups -OCH3 is 2. The van der Waals surface area contributed by atoms with E-state index in [-0.39, 0.29) is 0 Å². The molecule has 132 valence electrons. The molecule has 1 atom stereocenters. The number of benzene rings is 1. The van der Waals surface area contributed by atoms with E-state index in [9.17, 15) is 4.79 Å². The van der Waals surface area contributed by atoms with Crippen LogP contribution >= 0.6 is 0 Å². The largest absolute Gasteiger partial charge is 0.380 e. The van der Waals surface area contributed by atoms with E-state index >= 15 is 0 Å². The van der Waals surface area contributed by atoms with Crippen LogP contribution in [0.15, 0.2) is 59.8 Å². The molecule has 0 spiro atoms. The number of rotatable bonds is 5. The van der Waals surface area contributed by atoms with Crippen LogP contribution in [0.4, 0.5) is 0 Å². The third kappa shape index (κ3) is 2.48. The monoisotopic (exact) mass is 348 g/mol. The van der Waals surface area contributed by atoms with Crippen LogP contribution < -0.4 is 0 Å². The first-order valence-electron chi connectivity index (χ1n) is 8.45. The maximum atomic E-state index is 11.5. The van der Waals surface area contributed by atoms with Gasteiger partial charge >= 0.3 is 0 Å². The first-order valence-corrected chi connectivity index (χ1v) is 8.45. The lowest BCUT2D eigenvalue weighted by atomic mass is 9.95. The highest BCUT2D eigenvalue weighted by Gasteiger charge is 2.34. The third-order valence-corrected chi connectivity index (χ3v) is 4.95. The molecular weight excluding hydrogens is 328 g/mol. The summed E-state index contributed by atoms with van der Waals surface area (Å²) < 4.78 is 10.7. The molecule has 0 amide bonds. The van der Waals surface area contributed by atoms with Crippen LogP contribution in [0.25, 0.3) is 16.6 Å². The van der Waals surface area contributed by atoms with Crippen molar-refractivity contribution in [2.45, 2.75) is 12.6 Å². The Morgan fingerprint density at radius 1 is 1.35 bits per heavy atom. The Kier molecular flexibility index (Phi) is 4.18. The molecule has 26 heavy (non-hydrogen) atoms. The lowest BCUT2D eigenvalue weighted by Gasteiger charge is -2.31. The Morgan fingerprint density at radius 3 is 2.88 bits per heavy atom. The number of nitrogens with zero attached hydrogens (tertiary/aromatic N) is 2. The van der Waals surface area contributed by atoms with Crippen LogP contribution in [0.3, 0.4) is 0 Å². The average Bonchev–Trinajstić information content (AvgIpc) is 3.01. The quantitative estimate of drug-likeness (QED) is 0.777. The fourth-order valence-electron chi connectivity index (χ4n) is 3.66. The molecule has 0 radical (unpaired) electrons. The molecule has 0 aliphatic carbocycles. The van der Waals surface area contributed by atoms with Crippen molar-refractivity contribution in [1.29, 1.82) is 0 Å². The van der Waals surface area contributed by atoms with E-state index in [2.05, 4.69) is 23.6 Å². The highest BCUT2D eigenvalue weighted by molar-refractivity contribution is 5.86. The van der Waals surface area contributed by atoms with Gasteiger partial charge in [0.05, 0.1) is 30.1 Å². The summed E-state index contributed by atoms with van der Waals surface area (Å²) in [5.74, 6) is 0. The Morgan fingerprint density at radius 2 is 2.15 bits per heavy atom. The van der Waals surface area contributed by atoms with Crippen LogP contribution in [0.1, 0.15) is 11.3 Å². The Hall–Kier alpha value is -2.76. The average molecular weight is 348 g/mol. The molecule has 2 aromatic rings. The molecule has 2 aliphatic rings. The van der Waals surface area contributed by atoms with Crippen LogP contribution in [0.5, 0.6) is 0 Å². The molecule has 1 aromatic carbocycles. The van der Waals surface area contributed by atoms with Gasteiger partial charge in [0.15, 0.2) is 6.29 Å². The molecule has 0 N–H and O–H groups in total. The van der Waals surface area contributed by atoms with E-state index in [1.165, 1.54) is 7.11 Å². The van der Waals surface area contributed by atoms with Gasteiger partial charge in [0.1, 0.15) is 6.10 Å². The number of ether oxygens (including phenoxy) is 2. The zero-order valence-electron chi connectivity index (χ0n) is 14.9. The summed E-state index contributed by atoms with van der Waals surface area (Å²) in [4.78, 5) is 18.5. The molecule has 3 heterocycles. The molecule has 0 bridgehead atoms. The normalized spacial score (nSPS) is 17.2. The van der Waals surface area contributed by atoms with Crippen molar-refractivity contribution in [2.24, 2.45) is 0 Å². The standard InChI is InChI=1S/C21H20N2O3/c1-13-17(12-25-2)16(20(11-24)26-3)9-19-21-15(10-23(13)19)8-14-6-4-5-7-18(14)22-21/h4-9,11,20H,1,10,12H2,2-3H3. The van der Waals surface area contributed by atoms with Crippen LogP contribution in [-0.2, 0) is 20.8 Å². The number of carbonyl (C=O) groups is 1. The van der Waals surface area contributed by atoms with Crippen molar-refractivity contribution in [3.63, 3.8) is 0 Å². The van der Waals surface area contributed by atoms with Gasteiger partial charge in [0.2, 0.25) is 0 Å². The smallest absolute Gasteiger partial charge is 0.153 e. The van der Waals surface area contributed by atoms with E-state index in [0.717, 1.165) is 51.0 Å². The lowest BCUT2D eigenvalue weighted by molar-refractivity contribution is -0.114. The van der Waals surface area contributed by atoms with Crippen molar-refractivity contribution < 1.29 is 14.3 Å². The summed E-state index contributed by atoms with van der Waals surface area (Å²) >= 11 is 0. The summed E-state index contributed by atoms with van der Waals surface area (Å²) in [6.45, 7) is 5.33. The number of aldehydes is 1. The van der Waals surface area contributed by atoms with Gasteiger partial charge in [0, 0.05) is 36.4 Å². The number of fused-ring (bicyclic) bond motifs is 4. The fourth-order valence-corrected chi connectivity index (χ4v) is 3.66. The summed E-state index contributed by atoms with van der Waals surface area (Å²) in [5.41, 5.74) is 6.47. The second kappa shape index (κ2) is 6.52. The molecule has 5 nitrogen and oxygen atoms in total. The lowest BCUT2D eigenvalue weighted by Crippen LogP contribution is -2.27. The summed E-state index contributed by atoms with van der Waals surface area (Å²) in [7, 11) is 3.16. The SMILES string of the molecule is C=C1C(COC)=C(C(C=O)OC)C=C2c3nc4ccccc4cc3CN12. The minimum absolute atomic E-state index is 0.369. The fraction of sp³-hybridized carbons (Fsp3) is 0.238. The molecule has 0 saturated carbocycles. The van der Waals surface area contributed by atoms with Gasteiger partial charge in [0.25, 0.3) is 0 Å². The minimum atomic E-state index is -0.656. The Bertz CT molecular complexity index is 974. The number of pyridine rings is 1. The van der Waals surface area contributed by atoms with Gasteiger partial charge in [-0.1, -0.05) is 24.8 Å². The topological polar surface area (TPSA) is 51.7 Å². The van der Waals surface area contributed by atoms with E-state index in [0.29, 0.717) is 13.2 Å². The molecule has 0 saturated heterocycles. The van der Waals surface area contributed by atoms with Gasteiger partial charge in [-0.2, -0.15) is 0 Å². The zero-order chi connectivity index (χ0) is 18.3. The molecule has 2 aliphatic heterocycles. The number of hydrogen-bond acceptors (Lipinski definition) is 5. The van der Waals surface area contributed by atoms with Gasteiger partial charge < -0.3 is 19.2 Å². The van der Waals surface area contributed by atoms with E-state index in [1.54, 1.807) is 7.11 Å². The molecule has 0 fully saturated rings. The van der Waals surface area contributed by atoms with E-state index in [4.69, 9.17) is 14.5 Å². The minimum Gasteiger partial charge on any atom is -0.380 e. The van der Waals surface area contributed by atoms with Crippen molar-refractivity contribution in [1.82, 2.24) is 9.88 Å². The van der Waals surface area contributed by atoms with Crippen molar-refractivity contribution >= 4 is 22.9 Å². The Balaban J connectivity index is 1.90. The van der Waals surface area contributed by atoms with Crippen molar-refractivity contribution in [3.8, 4) is 0 Å². The molecule has 5 heteroatoms. The van der Waals surface area contributed by atoms with E-state index in [1.807, 2.05) is 24.3 Å². The van der Waals surface area contributed by atoms with Gasteiger partial charge in [-0.3, -0.25) is 0 Å². The van der Waals surface area contributed by atoms with E-state index < -0.39 is 6.10 Å². The second-order valence-corrected chi connectivity index (χ2v) is 6.41. The molecule has 1 aromatic heterocycles. The first kappa shape index (κ1) is 16.7. The second-order valence-electron chi connectivity index (χ2n) is 6.41. The number of aromatic nitrogens is 1. The van der Waals surface area contributed by atoms with Crippen LogP contribution in [0.2, 0.25) is 0 Å². The first-order chi connectivity index (χ1) is 12.7. The highest BCUT2D eigenvalue weighted by atomic mass is 16.5. The maximum Gasteiger partial charge on any atom is 0.153 e. The number of para-hydroxylation sites is 1. The summed E-state index contributed by atoms with van der Waals surface area (Å²) in [5, 5.41) is 1.12. The predicted octanol–water partition coefficient (Wildman–Crippen LogP) is 3.08. The molecule has 1 unspecified atom stereocenters. The van der Waals surface area contributed by atoms with Gasteiger partial charge in [-0.15, -0.1) is 0 Å². The number of carbonyl (C=O) groups excluding carboxylic acids is 1. The zero-order valence-corrected chi connectivity index (χ0v) is 14.9. The van der Waals surface area contributed by atoms with Gasteiger partial charge in [-0.25, -0.2) is 4.98 Å². The van der Waals surface area contributed by atoms with Crippen LogP contribution in [0, 0.1) is 0 Å². The maximum absolute atomic E-state index is 11.5. The predicted molar refractivity (Wildman–Crippen MR) is 100 cm³/mol. The summed E-state index contributed by atoms with van der Waals surface area (Å²) in [6.07, 6.45) is 2.13. The summed E-state index contributed by atoms with van der Waals surface area (Å²) in [6, 6.07) is 10.2. The van der Waals surface area contributed by atoms with Crippen LogP contribution in [-0.4, -0.2) is 43.1 Å². The van der Waals surface area contributed by atoms with Crippen molar-refractivity contribution in [3.05, 3.63) is 71.1 Å². The molecular formula is C21H20N2O3. The molecule has 4 rings (SSSR count). The van der Waals surface area contributed by atoms with Crippen molar-refractivity contribution in [2.75, 3.05) is 20.8 Å². The third-order valence-electron chi connectivity index (χ3n) is 4.95. The highest BCUT2D eigenvalue weighted by Crippen LogP contribution is 2.42. The van der Waals surface area contributed by atoms with Gasteiger partial charge in [-0.05, 0) is 23.8 Å².